The number of hydrogen-bond donors (Lipinski definition) is 0. The van der Waals surface area contributed by atoms with Gasteiger partial charge in [-0.05, 0) is 48.6 Å². The van der Waals surface area contributed by atoms with Crippen LogP contribution in [-0.2, 0) is 5.41 Å². The van der Waals surface area contributed by atoms with Crippen molar-refractivity contribution in [2.45, 2.75) is 44.4 Å². The maximum atomic E-state index is 2.48. The highest BCUT2D eigenvalue weighted by Crippen LogP contribution is 2.63. The third kappa shape index (κ3) is 1.56. The predicted molar refractivity (Wildman–Crippen MR) is 79.2 cm³/mol. The Hall–Kier alpha value is -0.820. The molecule has 2 aliphatic rings. The van der Waals surface area contributed by atoms with E-state index in [0.29, 0.717) is 5.41 Å². The molecule has 0 aliphatic heterocycles. The van der Waals surface area contributed by atoms with Crippen molar-refractivity contribution in [1.82, 2.24) is 0 Å². The molecule has 2 saturated carbocycles. The summed E-state index contributed by atoms with van der Waals surface area (Å²) in [6.45, 7) is 2.44. The normalized spacial score (nSPS) is 35.2. The fraction of sp³-hybridized carbons (Fsp3) is 0.529. The topological polar surface area (TPSA) is 0 Å². The van der Waals surface area contributed by atoms with Gasteiger partial charge in [-0.3, -0.25) is 0 Å². The first kappa shape index (κ1) is 11.0. The van der Waals surface area contributed by atoms with Gasteiger partial charge >= 0.3 is 0 Å². The van der Waals surface area contributed by atoms with Crippen LogP contribution in [-0.4, -0.2) is 0 Å². The summed E-state index contributed by atoms with van der Waals surface area (Å²) in [4.78, 5) is 1.68. The fourth-order valence-corrected chi connectivity index (χ4v) is 5.39. The van der Waals surface area contributed by atoms with Crippen LogP contribution in [0.2, 0.25) is 0 Å². The summed E-state index contributed by atoms with van der Waals surface area (Å²) in [7, 11) is 0. The summed E-state index contributed by atoms with van der Waals surface area (Å²) >= 11 is 2.05. The lowest BCUT2D eigenvalue weighted by molar-refractivity contribution is 0.474. The van der Waals surface area contributed by atoms with Crippen molar-refractivity contribution < 1.29 is 0 Å². The van der Waals surface area contributed by atoms with Crippen LogP contribution in [0.15, 0.2) is 30.3 Å². The second-order valence-electron chi connectivity index (χ2n) is 6.44. The van der Waals surface area contributed by atoms with Gasteiger partial charge in [0.2, 0.25) is 0 Å². The van der Waals surface area contributed by atoms with Gasteiger partial charge in [-0.15, -0.1) is 11.3 Å². The molecule has 0 saturated heterocycles. The monoisotopic (exact) mass is 256 g/mol. The molecule has 0 spiro atoms. The van der Waals surface area contributed by atoms with Crippen LogP contribution >= 0.6 is 11.3 Å². The Kier molecular flexibility index (Phi) is 2.35. The number of fused-ring (bicyclic) bond motifs is 2. The van der Waals surface area contributed by atoms with E-state index in [1.54, 1.807) is 4.88 Å². The maximum Gasteiger partial charge on any atom is 0.0345 e. The van der Waals surface area contributed by atoms with Crippen LogP contribution in [0.5, 0.6) is 0 Å². The SMILES string of the molecule is CC1CCCC2(c3cc4ccccc4s3)CC2C1. The van der Waals surface area contributed by atoms with Crippen LogP contribution in [0, 0.1) is 11.8 Å². The molecule has 1 aromatic carbocycles. The van der Waals surface area contributed by atoms with Gasteiger partial charge in [0.05, 0.1) is 0 Å². The minimum atomic E-state index is 0.592. The van der Waals surface area contributed by atoms with E-state index in [9.17, 15) is 0 Å². The van der Waals surface area contributed by atoms with E-state index in [1.807, 2.05) is 0 Å². The minimum Gasteiger partial charge on any atom is -0.140 e. The first-order chi connectivity index (χ1) is 8.78. The van der Waals surface area contributed by atoms with E-state index in [2.05, 4.69) is 48.6 Å². The zero-order chi connectivity index (χ0) is 12.2. The van der Waals surface area contributed by atoms with E-state index < -0.39 is 0 Å². The highest BCUT2D eigenvalue weighted by atomic mass is 32.1. The second kappa shape index (κ2) is 3.84. The molecular formula is C17H20S. The smallest absolute Gasteiger partial charge is 0.0345 e. The first-order valence-corrected chi connectivity index (χ1v) is 8.09. The Bertz CT molecular complexity index is 549. The van der Waals surface area contributed by atoms with Gasteiger partial charge in [-0.2, -0.15) is 0 Å². The number of rotatable bonds is 1. The summed E-state index contributed by atoms with van der Waals surface area (Å²) in [5, 5.41) is 1.45. The molecule has 0 nitrogen and oxygen atoms in total. The van der Waals surface area contributed by atoms with Crippen molar-refractivity contribution in [2.24, 2.45) is 11.8 Å². The molecule has 2 fully saturated rings. The molecule has 1 aromatic heterocycles. The van der Waals surface area contributed by atoms with Crippen molar-refractivity contribution in [2.75, 3.05) is 0 Å². The number of benzene rings is 1. The Morgan fingerprint density at radius 3 is 3.06 bits per heavy atom. The summed E-state index contributed by atoms with van der Waals surface area (Å²) in [6, 6.07) is 11.4. The third-order valence-corrected chi connectivity index (χ3v) is 6.49. The Morgan fingerprint density at radius 2 is 2.17 bits per heavy atom. The van der Waals surface area contributed by atoms with Crippen LogP contribution < -0.4 is 0 Å². The van der Waals surface area contributed by atoms with Gasteiger partial charge in [0.25, 0.3) is 0 Å². The Morgan fingerprint density at radius 1 is 1.28 bits per heavy atom. The number of thiophene rings is 1. The molecule has 18 heavy (non-hydrogen) atoms. The minimum absolute atomic E-state index is 0.592. The molecule has 94 valence electrons. The largest absolute Gasteiger partial charge is 0.140 e. The molecular weight excluding hydrogens is 236 g/mol. The van der Waals surface area contributed by atoms with E-state index in [0.717, 1.165) is 11.8 Å². The molecule has 4 rings (SSSR count). The first-order valence-electron chi connectivity index (χ1n) is 7.27. The average molecular weight is 256 g/mol. The fourth-order valence-electron chi connectivity index (χ4n) is 4.02. The van der Waals surface area contributed by atoms with Crippen LogP contribution in [0.25, 0.3) is 10.1 Å². The van der Waals surface area contributed by atoms with Crippen molar-refractivity contribution >= 4 is 21.4 Å². The van der Waals surface area contributed by atoms with Gasteiger partial charge in [0.15, 0.2) is 0 Å². The molecule has 2 aromatic rings. The maximum absolute atomic E-state index is 2.48. The zero-order valence-electron chi connectivity index (χ0n) is 11.0. The summed E-state index contributed by atoms with van der Waals surface area (Å²) in [5.41, 5.74) is 0.592. The quantitative estimate of drug-likeness (QED) is 0.643. The molecule has 0 amide bonds. The lowest BCUT2D eigenvalue weighted by Crippen LogP contribution is -2.06. The number of hydrogen-bond acceptors (Lipinski definition) is 1. The van der Waals surface area contributed by atoms with Crippen LogP contribution in [0.1, 0.15) is 43.9 Å². The van der Waals surface area contributed by atoms with E-state index in [1.165, 1.54) is 42.2 Å². The molecule has 3 atom stereocenters. The van der Waals surface area contributed by atoms with Crippen molar-refractivity contribution in [3.05, 3.63) is 35.2 Å². The molecule has 2 aliphatic carbocycles. The van der Waals surface area contributed by atoms with Crippen LogP contribution in [0.4, 0.5) is 0 Å². The summed E-state index contributed by atoms with van der Waals surface area (Å²) in [6.07, 6.45) is 7.25. The van der Waals surface area contributed by atoms with E-state index in [-0.39, 0.29) is 0 Å². The van der Waals surface area contributed by atoms with E-state index in [4.69, 9.17) is 0 Å². The molecule has 0 bridgehead atoms. The third-order valence-electron chi connectivity index (χ3n) is 5.15. The summed E-state index contributed by atoms with van der Waals surface area (Å²) < 4.78 is 1.48. The van der Waals surface area contributed by atoms with E-state index >= 15 is 0 Å². The molecule has 1 heteroatoms. The lowest BCUT2D eigenvalue weighted by atomic mass is 9.95. The Balaban J connectivity index is 1.74. The van der Waals surface area contributed by atoms with Gasteiger partial charge in [0.1, 0.15) is 0 Å². The van der Waals surface area contributed by atoms with Crippen molar-refractivity contribution in [3.63, 3.8) is 0 Å². The molecule has 0 radical (unpaired) electrons. The Labute approximate surface area is 113 Å². The molecule has 0 N–H and O–H groups in total. The van der Waals surface area contributed by atoms with Crippen molar-refractivity contribution in [1.29, 1.82) is 0 Å². The standard InChI is InChI=1S/C17H20S/c1-12-5-4-8-17(11-14(17)9-12)16-10-13-6-2-3-7-15(13)18-16/h2-3,6-7,10,12,14H,4-5,8-9,11H2,1H3. The summed E-state index contributed by atoms with van der Waals surface area (Å²) in [5.74, 6) is 1.94. The molecule has 3 unspecified atom stereocenters. The average Bonchev–Trinajstić information content (AvgIpc) is 2.90. The van der Waals surface area contributed by atoms with Crippen LogP contribution in [0.3, 0.4) is 0 Å². The highest BCUT2D eigenvalue weighted by molar-refractivity contribution is 7.19. The second-order valence-corrected chi connectivity index (χ2v) is 7.52. The van der Waals surface area contributed by atoms with Gasteiger partial charge in [0, 0.05) is 15.0 Å². The van der Waals surface area contributed by atoms with Crippen molar-refractivity contribution in [3.8, 4) is 0 Å². The zero-order valence-corrected chi connectivity index (χ0v) is 11.8. The van der Waals surface area contributed by atoms with Gasteiger partial charge in [-0.25, -0.2) is 0 Å². The van der Waals surface area contributed by atoms with Gasteiger partial charge in [-0.1, -0.05) is 38.0 Å². The highest BCUT2D eigenvalue weighted by Gasteiger charge is 2.56. The molecule has 1 heterocycles. The lowest BCUT2D eigenvalue weighted by Gasteiger charge is -2.12. The predicted octanol–water partition coefficient (Wildman–Crippen LogP) is 5.37. The van der Waals surface area contributed by atoms with Gasteiger partial charge < -0.3 is 0 Å².